The number of hydrazine groups is 1. The van der Waals surface area contributed by atoms with E-state index in [1.807, 2.05) is 18.2 Å². The van der Waals surface area contributed by atoms with Gasteiger partial charge in [-0.25, -0.2) is 5.84 Å². The first kappa shape index (κ1) is 8.80. The van der Waals surface area contributed by atoms with Gasteiger partial charge in [0.05, 0.1) is 28.6 Å². The van der Waals surface area contributed by atoms with Gasteiger partial charge in [0.2, 0.25) is 0 Å². The summed E-state index contributed by atoms with van der Waals surface area (Å²) in [6, 6.07) is 8.13. The molecule has 1 aromatic carbocycles. The van der Waals surface area contributed by atoms with Crippen LogP contribution >= 0.6 is 22.9 Å². The third-order valence-corrected chi connectivity index (χ3v) is 2.12. The molecular weight excluding hydrogens is 251 g/mol. The molecule has 1 aromatic rings. The van der Waals surface area contributed by atoms with Gasteiger partial charge in [0.15, 0.2) is 0 Å². The Kier molecular flexibility index (Phi) is 3.14. The summed E-state index contributed by atoms with van der Waals surface area (Å²) in [7, 11) is 0. The maximum atomic E-state index is 5.61. The molecule has 0 aliphatic heterocycles. The van der Waals surface area contributed by atoms with E-state index >= 15 is 0 Å². The molecule has 0 atom stereocenters. The van der Waals surface area contributed by atoms with Gasteiger partial charge in [-0.15, -0.1) is 0 Å². The van der Waals surface area contributed by atoms with E-state index < -0.39 is 0 Å². The largest absolute Gasteiger partial charge is 0.251 e. The van der Waals surface area contributed by atoms with Crippen molar-refractivity contribution in [3.8, 4) is 0 Å². The number of aryl methyl sites for hydroxylation is 1. The molecule has 0 saturated heterocycles. The number of benzene rings is 1. The molecule has 0 radical (unpaired) electrons. The first-order valence-corrected chi connectivity index (χ1v) is 4.50. The Hall–Kier alpha value is -0.290. The van der Waals surface area contributed by atoms with E-state index in [1.54, 1.807) is 3.22 Å². The van der Waals surface area contributed by atoms with Crippen molar-refractivity contribution in [2.24, 2.45) is 5.84 Å². The highest BCUT2D eigenvalue weighted by atomic mass is 127. The normalized spacial score (nSPS) is 9.73. The average Bonchev–Trinajstić information content (AvgIpc) is 2.04. The van der Waals surface area contributed by atoms with Crippen LogP contribution in [0.1, 0.15) is 12.5 Å². The molecule has 3 heteroatoms. The lowest BCUT2D eigenvalue weighted by molar-refractivity contribution is 1.11. The van der Waals surface area contributed by atoms with Crippen molar-refractivity contribution >= 4 is 28.6 Å². The molecule has 2 nitrogen and oxygen atoms in total. The summed E-state index contributed by atoms with van der Waals surface area (Å²) in [4.78, 5) is 0. The van der Waals surface area contributed by atoms with Crippen LogP contribution in [0.25, 0.3) is 0 Å². The zero-order valence-corrected chi connectivity index (χ0v) is 8.58. The van der Waals surface area contributed by atoms with Crippen LogP contribution < -0.4 is 9.06 Å². The Morgan fingerprint density at radius 2 is 2.09 bits per heavy atom. The first-order chi connectivity index (χ1) is 5.25. The molecule has 1 rings (SSSR count). The van der Waals surface area contributed by atoms with Gasteiger partial charge in [0.1, 0.15) is 0 Å². The van der Waals surface area contributed by atoms with Gasteiger partial charge in [0, 0.05) is 0 Å². The van der Waals surface area contributed by atoms with Crippen molar-refractivity contribution in [2.45, 2.75) is 13.3 Å². The zero-order valence-electron chi connectivity index (χ0n) is 6.42. The van der Waals surface area contributed by atoms with Crippen molar-refractivity contribution in [3.05, 3.63) is 29.8 Å². The van der Waals surface area contributed by atoms with Crippen molar-refractivity contribution in [1.29, 1.82) is 0 Å². The van der Waals surface area contributed by atoms with Crippen molar-refractivity contribution in [2.75, 3.05) is 3.22 Å². The predicted octanol–water partition coefficient (Wildman–Crippen LogP) is 2.28. The Balaban J connectivity index is 3.02. The summed E-state index contributed by atoms with van der Waals surface area (Å²) in [6.45, 7) is 2.12. The van der Waals surface area contributed by atoms with Gasteiger partial charge >= 0.3 is 0 Å². The molecule has 11 heavy (non-hydrogen) atoms. The predicted molar refractivity (Wildman–Crippen MR) is 56.5 cm³/mol. The summed E-state index contributed by atoms with van der Waals surface area (Å²) >= 11 is 2.07. The Morgan fingerprint density at radius 3 is 2.55 bits per heavy atom. The monoisotopic (exact) mass is 262 g/mol. The highest BCUT2D eigenvalue weighted by Crippen LogP contribution is 2.20. The number of hydrogen-bond donors (Lipinski definition) is 1. The Bertz CT molecular complexity index is 235. The number of para-hydroxylation sites is 1. The molecule has 0 spiro atoms. The highest BCUT2D eigenvalue weighted by Gasteiger charge is 2.01. The minimum Gasteiger partial charge on any atom is -0.251 e. The Labute approximate surface area is 80.8 Å². The maximum Gasteiger partial charge on any atom is 0.0765 e. The van der Waals surface area contributed by atoms with Crippen molar-refractivity contribution < 1.29 is 0 Å². The second kappa shape index (κ2) is 3.92. The average molecular weight is 262 g/mol. The highest BCUT2D eigenvalue weighted by molar-refractivity contribution is 14.1. The van der Waals surface area contributed by atoms with E-state index in [2.05, 4.69) is 35.9 Å². The quantitative estimate of drug-likeness (QED) is 0.383. The first-order valence-electron chi connectivity index (χ1n) is 3.54. The summed E-state index contributed by atoms with van der Waals surface area (Å²) in [5.74, 6) is 5.61. The summed E-state index contributed by atoms with van der Waals surface area (Å²) in [5, 5.41) is 0. The van der Waals surface area contributed by atoms with Crippen LogP contribution in [0.2, 0.25) is 0 Å². The van der Waals surface area contributed by atoms with Crippen molar-refractivity contribution in [1.82, 2.24) is 0 Å². The van der Waals surface area contributed by atoms with Crippen LogP contribution in [0.15, 0.2) is 24.3 Å². The minimum absolute atomic E-state index is 1.02. The SMILES string of the molecule is CCc1ccccc1N(N)I. The Morgan fingerprint density at radius 1 is 1.45 bits per heavy atom. The molecule has 60 valence electrons. The van der Waals surface area contributed by atoms with E-state index in [0.717, 1.165) is 12.1 Å². The molecule has 0 amide bonds. The fraction of sp³-hybridized carbons (Fsp3) is 0.250. The molecule has 0 heterocycles. The van der Waals surface area contributed by atoms with E-state index in [-0.39, 0.29) is 0 Å². The lowest BCUT2D eigenvalue weighted by Gasteiger charge is -2.12. The number of nitrogens with zero attached hydrogens (tertiary/aromatic N) is 1. The topological polar surface area (TPSA) is 29.3 Å². The van der Waals surface area contributed by atoms with Crippen LogP contribution in [-0.4, -0.2) is 0 Å². The number of halogens is 1. The molecular formula is C8H11IN2. The summed E-state index contributed by atoms with van der Waals surface area (Å²) in [5.41, 5.74) is 2.38. The summed E-state index contributed by atoms with van der Waals surface area (Å²) < 4.78 is 1.62. The molecule has 0 aliphatic rings. The molecule has 0 aromatic heterocycles. The van der Waals surface area contributed by atoms with Crippen LogP contribution in [0, 0.1) is 0 Å². The van der Waals surface area contributed by atoms with Crippen LogP contribution in [0.4, 0.5) is 5.69 Å². The maximum absolute atomic E-state index is 5.61. The van der Waals surface area contributed by atoms with Crippen LogP contribution in [0.5, 0.6) is 0 Å². The smallest absolute Gasteiger partial charge is 0.0765 e. The number of nitrogens with two attached hydrogens (primary N) is 1. The lowest BCUT2D eigenvalue weighted by Crippen LogP contribution is -2.18. The van der Waals surface area contributed by atoms with Gasteiger partial charge in [-0.3, -0.25) is 3.22 Å². The number of anilines is 1. The third kappa shape index (κ3) is 2.07. The number of hydrogen-bond acceptors (Lipinski definition) is 2. The lowest BCUT2D eigenvalue weighted by atomic mass is 10.1. The van der Waals surface area contributed by atoms with E-state index in [9.17, 15) is 0 Å². The van der Waals surface area contributed by atoms with Gasteiger partial charge in [-0.2, -0.15) is 0 Å². The van der Waals surface area contributed by atoms with Gasteiger partial charge in [-0.1, -0.05) is 25.1 Å². The van der Waals surface area contributed by atoms with Crippen molar-refractivity contribution in [3.63, 3.8) is 0 Å². The van der Waals surface area contributed by atoms with E-state index in [1.165, 1.54) is 5.56 Å². The molecule has 0 bridgehead atoms. The van der Waals surface area contributed by atoms with E-state index in [4.69, 9.17) is 5.84 Å². The molecule has 2 N–H and O–H groups in total. The summed E-state index contributed by atoms with van der Waals surface area (Å²) in [6.07, 6.45) is 1.02. The standard InChI is InChI=1S/C8H11IN2/c1-2-7-5-3-4-6-8(7)11(9)10/h3-6H,2,10H2,1H3. The van der Waals surface area contributed by atoms with E-state index in [0.29, 0.717) is 0 Å². The zero-order chi connectivity index (χ0) is 8.27. The molecule has 0 saturated carbocycles. The molecule has 0 aliphatic carbocycles. The minimum atomic E-state index is 1.02. The number of rotatable bonds is 2. The second-order valence-electron chi connectivity index (χ2n) is 2.29. The van der Waals surface area contributed by atoms with Crippen LogP contribution in [-0.2, 0) is 6.42 Å². The molecule has 0 unspecified atom stereocenters. The van der Waals surface area contributed by atoms with Gasteiger partial charge in [-0.05, 0) is 18.1 Å². The van der Waals surface area contributed by atoms with Crippen LogP contribution in [0.3, 0.4) is 0 Å². The fourth-order valence-corrected chi connectivity index (χ4v) is 1.49. The fourth-order valence-electron chi connectivity index (χ4n) is 1.02. The second-order valence-corrected chi connectivity index (χ2v) is 3.33. The third-order valence-electron chi connectivity index (χ3n) is 1.60. The van der Waals surface area contributed by atoms with Gasteiger partial charge < -0.3 is 0 Å². The van der Waals surface area contributed by atoms with Gasteiger partial charge in [0.25, 0.3) is 0 Å². The molecule has 0 fully saturated rings.